The number of carbonyl (C=O) groups is 1. The molecule has 88 valence electrons. The van der Waals surface area contributed by atoms with Crippen LogP contribution in [0, 0.1) is 5.92 Å². The topological polar surface area (TPSA) is 42.0 Å². The summed E-state index contributed by atoms with van der Waals surface area (Å²) in [5.41, 5.74) is 0.591. The van der Waals surface area contributed by atoms with Gasteiger partial charge in [0.2, 0.25) is 0 Å². The number of halogens is 1. The summed E-state index contributed by atoms with van der Waals surface area (Å²) in [5.74, 6) is 0.492. The van der Waals surface area contributed by atoms with E-state index in [2.05, 4.69) is 40.1 Å². The van der Waals surface area contributed by atoms with E-state index in [1.54, 1.807) is 18.3 Å². The van der Waals surface area contributed by atoms with Gasteiger partial charge in [0, 0.05) is 12.7 Å². The Bertz CT molecular complexity index is 351. The van der Waals surface area contributed by atoms with Crippen LogP contribution in [0.25, 0.3) is 0 Å². The lowest BCUT2D eigenvalue weighted by Gasteiger charge is -2.13. The van der Waals surface area contributed by atoms with E-state index in [0.717, 1.165) is 19.4 Å². The monoisotopic (exact) mass is 284 g/mol. The van der Waals surface area contributed by atoms with Crippen molar-refractivity contribution in [1.82, 2.24) is 10.3 Å². The first-order valence-corrected chi connectivity index (χ1v) is 6.37. The first kappa shape index (κ1) is 13.2. The Morgan fingerprint density at radius 1 is 1.50 bits per heavy atom. The van der Waals surface area contributed by atoms with E-state index in [-0.39, 0.29) is 5.91 Å². The second-order valence-corrected chi connectivity index (χ2v) is 4.49. The van der Waals surface area contributed by atoms with Gasteiger partial charge in [-0.05, 0) is 34.0 Å². The molecule has 16 heavy (non-hydrogen) atoms. The van der Waals surface area contributed by atoms with Crippen molar-refractivity contribution in [3.8, 4) is 0 Å². The molecule has 0 radical (unpaired) electrons. The molecule has 0 bridgehead atoms. The van der Waals surface area contributed by atoms with Crippen LogP contribution in [-0.4, -0.2) is 17.4 Å². The molecule has 0 aliphatic heterocycles. The number of hydrogen-bond donors (Lipinski definition) is 1. The minimum Gasteiger partial charge on any atom is -0.352 e. The summed E-state index contributed by atoms with van der Waals surface area (Å²) < 4.78 is 0.594. The number of pyridine rings is 1. The molecule has 0 unspecified atom stereocenters. The minimum atomic E-state index is -0.0631. The van der Waals surface area contributed by atoms with Crippen molar-refractivity contribution in [3.05, 3.63) is 28.5 Å². The molecule has 0 fully saturated rings. The Kier molecular flexibility index (Phi) is 5.46. The van der Waals surface area contributed by atoms with Gasteiger partial charge in [0.05, 0.1) is 5.56 Å². The molecule has 0 saturated heterocycles. The molecular formula is C12H17BrN2O. The summed E-state index contributed by atoms with van der Waals surface area (Å²) in [5, 5.41) is 2.93. The zero-order valence-corrected chi connectivity index (χ0v) is 11.3. The van der Waals surface area contributed by atoms with Gasteiger partial charge in [0.1, 0.15) is 4.60 Å². The molecule has 1 rings (SSSR count). The number of rotatable bonds is 5. The van der Waals surface area contributed by atoms with E-state index >= 15 is 0 Å². The van der Waals surface area contributed by atoms with Crippen molar-refractivity contribution in [2.24, 2.45) is 5.92 Å². The van der Waals surface area contributed by atoms with E-state index in [1.165, 1.54) is 0 Å². The molecular weight excluding hydrogens is 268 g/mol. The zero-order valence-electron chi connectivity index (χ0n) is 9.66. The predicted molar refractivity (Wildman–Crippen MR) is 68.3 cm³/mol. The Labute approximate surface area is 105 Å². The van der Waals surface area contributed by atoms with Crippen molar-refractivity contribution in [2.45, 2.75) is 26.7 Å². The van der Waals surface area contributed by atoms with Crippen LogP contribution in [0.3, 0.4) is 0 Å². The molecule has 1 aromatic rings. The predicted octanol–water partition coefficient (Wildman–Crippen LogP) is 3.01. The second-order valence-electron chi connectivity index (χ2n) is 3.73. The molecule has 0 aliphatic carbocycles. The highest BCUT2D eigenvalue weighted by atomic mass is 79.9. The summed E-state index contributed by atoms with van der Waals surface area (Å²) in [7, 11) is 0. The molecule has 1 N–H and O–H groups in total. The van der Waals surface area contributed by atoms with Crippen molar-refractivity contribution in [3.63, 3.8) is 0 Å². The highest BCUT2D eigenvalue weighted by molar-refractivity contribution is 9.10. The van der Waals surface area contributed by atoms with Crippen LogP contribution in [0.15, 0.2) is 22.9 Å². The number of aromatic nitrogens is 1. The lowest BCUT2D eigenvalue weighted by molar-refractivity contribution is 0.0945. The van der Waals surface area contributed by atoms with Crippen LogP contribution >= 0.6 is 15.9 Å². The highest BCUT2D eigenvalue weighted by Crippen LogP contribution is 2.12. The Balaban J connectivity index is 2.56. The third kappa shape index (κ3) is 3.59. The molecule has 0 aliphatic rings. The fourth-order valence-corrected chi connectivity index (χ4v) is 1.90. The number of carbonyl (C=O) groups excluding carboxylic acids is 1. The van der Waals surface area contributed by atoms with Gasteiger partial charge < -0.3 is 5.32 Å². The molecule has 4 heteroatoms. The van der Waals surface area contributed by atoms with Crippen molar-refractivity contribution >= 4 is 21.8 Å². The van der Waals surface area contributed by atoms with Crippen LogP contribution in [-0.2, 0) is 0 Å². The van der Waals surface area contributed by atoms with Crippen LogP contribution in [0.4, 0.5) is 0 Å². The molecule has 0 spiro atoms. The van der Waals surface area contributed by atoms with E-state index in [1.807, 2.05) is 0 Å². The molecule has 0 atom stereocenters. The van der Waals surface area contributed by atoms with Crippen LogP contribution < -0.4 is 5.32 Å². The standard InChI is InChI=1S/C12H17BrN2O/c1-3-9(4-2)8-15-12(16)10-6-5-7-14-11(10)13/h5-7,9H,3-4,8H2,1-2H3,(H,15,16). The summed E-state index contributed by atoms with van der Waals surface area (Å²) in [4.78, 5) is 15.8. The van der Waals surface area contributed by atoms with Crippen LogP contribution in [0.5, 0.6) is 0 Å². The van der Waals surface area contributed by atoms with Crippen LogP contribution in [0.1, 0.15) is 37.0 Å². The molecule has 1 aromatic heterocycles. The lowest BCUT2D eigenvalue weighted by atomic mass is 10.0. The van der Waals surface area contributed by atoms with Gasteiger partial charge in [-0.25, -0.2) is 4.98 Å². The Hall–Kier alpha value is -0.900. The van der Waals surface area contributed by atoms with Crippen molar-refractivity contribution in [2.75, 3.05) is 6.54 Å². The summed E-state index contributed by atoms with van der Waals surface area (Å²) in [6.45, 7) is 5.01. The molecule has 3 nitrogen and oxygen atoms in total. The van der Waals surface area contributed by atoms with E-state index in [4.69, 9.17) is 0 Å². The number of hydrogen-bond acceptors (Lipinski definition) is 2. The third-order valence-electron chi connectivity index (χ3n) is 2.71. The summed E-state index contributed by atoms with van der Waals surface area (Å²) in [6, 6.07) is 3.52. The van der Waals surface area contributed by atoms with Gasteiger partial charge >= 0.3 is 0 Å². The second kappa shape index (κ2) is 6.63. The number of nitrogens with zero attached hydrogens (tertiary/aromatic N) is 1. The molecule has 0 aromatic carbocycles. The van der Waals surface area contributed by atoms with Crippen molar-refractivity contribution in [1.29, 1.82) is 0 Å². The van der Waals surface area contributed by atoms with Crippen molar-refractivity contribution < 1.29 is 4.79 Å². The van der Waals surface area contributed by atoms with Gasteiger partial charge in [-0.1, -0.05) is 26.7 Å². The lowest BCUT2D eigenvalue weighted by Crippen LogP contribution is -2.29. The summed E-state index contributed by atoms with van der Waals surface area (Å²) >= 11 is 3.27. The van der Waals surface area contributed by atoms with Gasteiger partial charge in [0.25, 0.3) is 5.91 Å². The quantitative estimate of drug-likeness (QED) is 0.845. The van der Waals surface area contributed by atoms with Crippen LogP contribution in [0.2, 0.25) is 0 Å². The van der Waals surface area contributed by atoms with Gasteiger partial charge in [-0.15, -0.1) is 0 Å². The smallest absolute Gasteiger partial charge is 0.254 e. The van der Waals surface area contributed by atoms with E-state index in [0.29, 0.717) is 16.1 Å². The van der Waals surface area contributed by atoms with E-state index in [9.17, 15) is 4.79 Å². The summed E-state index contributed by atoms with van der Waals surface area (Å²) in [6.07, 6.45) is 3.83. The highest BCUT2D eigenvalue weighted by Gasteiger charge is 2.11. The Morgan fingerprint density at radius 2 is 2.19 bits per heavy atom. The number of amides is 1. The first-order chi connectivity index (χ1) is 7.69. The largest absolute Gasteiger partial charge is 0.352 e. The average Bonchev–Trinajstić information content (AvgIpc) is 2.30. The van der Waals surface area contributed by atoms with E-state index < -0.39 is 0 Å². The minimum absolute atomic E-state index is 0.0631. The van der Waals surface area contributed by atoms with Gasteiger partial charge in [0.15, 0.2) is 0 Å². The van der Waals surface area contributed by atoms with Gasteiger partial charge in [-0.2, -0.15) is 0 Å². The maximum atomic E-state index is 11.8. The SMILES string of the molecule is CCC(CC)CNC(=O)c1cccnc1Br. The normalized spacial score (nSPS) is 10.5. The Morgan fingerprint density at radius 3 is 2.75 bits per heavy atom. The zero-order chi connectivity index (χ0) is 12.0. The maximum absolute atomic E-state index is 11.8. The first-order valence-electron chi connectivity index (χ1n) is 5.57. The number of nitrogens with one attached hydrogen (secondary N) is 1. The fourth-order valence-electron chi connectivity index (χ4n) is 1.47. The molecule has 0 saturated carbocycles. The molecule has 1 heterocycles. The maximum Gasteiger partial charge on any atom is 0.254 e. The van der Waals surface area contributed by atoms with Gasteiger partial charge in [-0.3, -0.25) is 4.79 Å². The average molecular weight is 285 g/mol. The third-order valence-corrected chi connectivity index (χ3v) is 3.34. The fraction of sp³-hybridized carbons (Fsp3) is 0.500. The molecule has 1 amide bonds.